The number of halogens is 8. The maximum atomic E-state index is 13.8. The summed E-state index contributed by atoms with van der Waals surface area (Å²) in [6.45, 7) is 0. The van der Waals surface area contributed by atoms with Gasteiger partial charge in [0.2, 0.25) is 0 Å². The Kier molecular flexibility index (Phi) is 3.01. The summed E-state index contributed by atoms with van der Waals surface area (Å²) in [5, 5.41) is -5.85. The van der Waals surface area contributed by atoms with Gasteiger partial charge in [-0.1, -0.05) is 0 Å². The summed E-state index contributed by atoms with van der Waals surface area (Å²) >= 11 is 0. The van der Waals surface area contributed by atoms with Crippen molar-refractivity contribution in [1.29, 1.82) is 0 Å². The van der Waals surface area contributed by atoms with Crippen molar-refractivity contribution < 1.29 is 35.1 Å². The van der Waals surface area contributed by atoms with E-state index in [2.05, 4.69) is 0 Å². The first kappa shape index (κ1) is 14.6. The highest BCUT2D eigenvalue weighted by molar-refractivity contribution is 6.09. The molecule has 0 bridgehead atoms. The lowest BCUT2D eigenvalue weighted by atomic mass is 9.98. The Labute approximate surface area is 116 Å². The highest BCUT2D eigenvalue weighted by Gasteiger charge is 2.28. The van der Waals surface area contributed by atoms with Crippen LogP contribution >= 0.6 is 0 Å². The van der Waals surface area contributed by atoms with Crippen LogP contribution in [0.4, 0.5) is 35.1 Å². The topological polar surface area (TPSA) is 0 Å². The highest BCUT2D eigenvalue weighted by Crippen LogP contribution is 2.38. The molecule has 0 aliphatic heterocycles. The molecule has 0 aromatic heterocycles. The van der Waals surface area contributed by atoms with Crippen molar-refractivity contribution in [1.82, 2.24) is 0 Å². The number of benzene rings is 3. The third-order valence-electron chi connectivity index (χ3n) is 3.08. The Hall–Kier alpha value is -2.38. The van der Waals surface area contributed by atoms with E-state index in [1.807, 2.05) is 0 Å². The van der Waals surface area contributed by atoms with Crippen molar-refractivity contribution in [3.8, 4) is 0 Å². The number of rotatable bonds is 0. The smallest absolute Gasteiger partial charge is 0.170 e. The average molecular weight is 320 g/mol. The first-order chi connectivity index (χ1) is 10.3. The minimum Gasteiger partial charge on any atom is -0.205 e. The first-order valence-corrected chi connectivity index (χ1v) is 5.51. The van der Waals surface area contributed by atoms with Crippen LogP contribution in [0.1, 0.15) is 0 Å². The van der Waals surface area contributed by atoms with Crippen molar-refractivity contribution in [2.75, 3.05) is 0 Å². The van der Waals surface area contributed by atoms with Crippen LogP contribution in [0.3, 0.4) is 0 Å². The van der Waals surface area contributed by atoms with Crippen LogP contribution in [-0.2, 0) is 0 Å². The monoisotopic (exact) mass is 320 g/mol. The molecule has 0 aliphatic rings. The Morgan fingerprint density at radius 3 is 1.32 bits per heavy atom. The van der Waals surface area contributed by atoms with E-state index < -0.39 is 68.1 Å². The summed E-state index contributed by atoms with van der Waals surface area (Å²) in [4.78, 5) is 0. The molecule has 0 heterocycles. The van der Waals surface area contributed by atoms with Gasteiger partial charge >= 0.3 is 0 Å². The van der Waals surface area contributed by atoms with Crippen molar-refractivity contribution in [3.63, 3.8) is 0 Å². The summed E-state index contributed by atoms with van der Waals surface area (Å²) in [6.07, 6.45) is 0. The third kappa shape index (κ3) is 1.69. The first-order valence-electron chi connectivity index (χ1n) is 5.51. The van der Waals surface area contributed by atoms with Gasteiger partial charge in [-0.25, -0.2) is 35.1 Å². The van der Waals surface area contributed by atoms with E-state index in [1.54, 1.807) is 0 Å². The molecule has 0 N–H and O–H groups in total. The normalized spacial score (nSPS) is 11.6. The molecule has 0 spiro atoms. The molecule has 112 valence electrons. The zero-order valence-corrected chi connectivity index (χ0v) is 10.0. The largest absolute Gasteiger partial charge is 0.205 e. The molecule has 0 atom stereocenters. The lowest BCUT2D eigenvalue weighted by Crippen LogP contribution is -2.03. The summed E-state index contributed by atoms with van der Waals surface area (Å²) in [5.74, 6) is -16.0. The molecule has 22 heavy (non-hydrogen) atoms. The standard InChI is InChI=1S/C14F8/c15-3-1-6(18)12(20)10-7(3)9-8(13(21)14(10)22)4(16)2-5(17)11(9)19. The molecule has 0 saturated carbocycles. The summed E-state index contributed by atoms with van der Waals surface area (Å²) in [5.41, 5.74) is 0. The van der Waals surface area contributed by atoms with E-state index in [1.165, 1.54) is 6.07 Å². The van der Waals surface area contributed by atoms with Crippen molar-refractivity contribution in [2.45, 2.75) is 0 Å². The molecule has 0 aliphatic carbocycles. The molecule has 0 fully saturated rings. The molecule has 3 aromatic carbocycles. The van der Waals surface area contributed by atoms with E-state index in [4.69, 9.17) is 0 Å². The average Bonchev–Trinajstić information content (AvgIpc) is 2.44. The molecule has 8 heteroatoms. The maximum absolute atomic E-state index is 13.8. The lowest BCUT2D eigenvalue weighted by molar-refractivity contribution is 0.481. The minimum atomic E-state index is -2.15. The fourth-order valence-electron chi connectivity index (χ4n) is 2.19. The van der Waals surface area contributed by atoms with Crippen LogP contribution in [0, 0.1) is 58.7 Å². The van der Waals surface area contributed by atoms with Crippen molar-refractivity contribution in [2.24, 2.45) is 0 Å². The van der Waals surface area contributed by atoms with Gasteiger partial charge in [0.05, 0.1) is 22.9 Å². The SMILES string of the molecule is Fc1[c]c(F)c2c(c1F)c(F)c(F)c1c(F)[c]c(F)c(F)c12. The molecular formula is C14F8. The maximum Gasteiger partial charge on any atom is 0.170 e. The fourth-order valence-corrected chi connectivity index (χ4v) is 2.19. The van der Waals surface area contributed by atoms with Crippen LogP contribution in [0.5, 0.6) is 0 Å². The van der Waals surface area contributed by atoms with Gasteiger partial charge in [-0.15, -0.1) is 0 Å². The molecule has 3 aromatic rings. The molecule has 0 nitrogen and oxygen atoms in total. The van der Waals surface area contributed by atoms with Crippen LogP contribution in [0.25, 0.3) is 21.5 Å². The zero-order chi connectivity index (χ0) is 16.3. The van der Waals surface area contributed by atoms with Gasteiger partial charge in [-0.3, -0.25) is 0 Å². The molecule has 3 rings (SSSR count). The van der Waals surface area contributed by atoms with Gasteiger partial charge in [0.25, 0.3) is 0 Å². The van der Waals surface area contributed by atoms with Gasteiger partial charge in [0.15, 0.2) is 34.9 Å². The number of hydrogen-bond acceptors (Lipinski definition) is 0. The van der Waals surface area contributed by atoms with Crippen LogP contribution < -0.4 is 0 Å². The molecular weight excluding hydrogens is 320 g/mol. The van der Waals surface area contributed by atoms with Gasteiger partial charge in [-0.05, 0) is 0 Å². The van der Waals surface area contributed by atoms with Crippen LogP contribution in [0.2, 0.25) is 0 Å². The summed E-state index contributed by atoms with van der Waals surface area (Å²) in [6, 6.07) is 2.31. The van der Waals surface area contributed by atoms with Gasteiger partial charge in [0.1, 0.15) is 11.6 Å². The van der Waals surface area contributed by atoms with Crippen LogP contribution in [-0.4, -0.2) is 0 Å². The Balaban J connectivity index is 2.82. The highest BCUT2D eigenvalue weighted by atomic mass is 19.2. The van der Waals surface area contributed by atoms with E-state index in [0.717, 1.165) is 6.07 Å². The predicted octanol–water partition coefficient (Wildman–Crippen LogP) is 4.71. The molecule has 0 amide bonds. The van der Waals surface area contributed by atoms with Gasteiger partial charge in [-0.2, -0.15) is 0 Å². The third-order valence-corrected chi connectivity index (χ3v) is 3.08. The van der Waals surface area contributed by atoms with Crippen molar-refractivity contribution >= 4 is 21.5 Å². The van der Waals surface area contributed by atoms with E-state index >= 15 is 0 Å². The lowest BCUT2D eigenvalue weighted by Gasteiger charge is -2.11. The van der Waals surface area contributed by atoms with E-state index in [0.29, 0.717) is 0 Å². The molecule has 0 saturated heterocycles. The zero-order valence-electron chi connectivity index (χ0n) is 10.0. The second-order valence-electron chi connectivity index (χ2n) is 4.26. The van der Waals surface area contributed by atoms with Crippen molar-refractivity contribution in [3.05, 3.63) is 58.7 Å². The van der Waals surface area contributed by atoms with Gasteiger partial charge < -0.3 is 0 Å². The van der Waals surface area contributed by atoms with Gasteiger partial charge in [0, 0.05) is 10.8 Å². The van der Waals surface area contributed by atoms with E-state index in [-0.39, 0.29) is 0 Å². The molecule has 2 radical (unpaired) electrons. The predicted molar refractivity (Wildman–Crippen MR) is 58.8 cm³/mol. The molecule has 0 unspecified atom stereocenters. The summed E-state index contributed by atoms with van der Waals surface area (Å²) < 4.78 is 108. The van der Waals surface area contributed by atoms with E-state index in [9.17, 15) is 35.1 Å². The minimum absolute atomic E-state index is 1.14. The summed E-state index contributed by atoms with van der Waals surface area (Å²) in [7, 11) is 0. The quantitative estimate of drug-likeness (QED) is 0.320. The second kappa shape index (κ2) is 4.56. The number of hydrogen-bond donors (Lipinski definition) is 0. The number of fused-ring (bicyclic) bond motifs is 3. The Morgan fingerprint density at radius 1 is 0.364 bits per heavy atom. The Morgan fingerprint density at radius 2 is 0.773 bits per heavy atom. The second-order valence-corrected chi connectivity index (χ2v) is 4.26. The van der Waals surface area contributed by atoms with Crippen LogP contribution in [0.15, 0.2) is 0 Å². The Bertz CT molecular complexity index is 961. The fraction of sp³-hybridized carbons (Fsp3) is 0.